The molecule has 2 unspecified atom stereocenters. The van der Waals surface area contributed by atoms with E-state index in [2.05, 4.69) is 5.10 Å². The lowest BCUT2D eigenvalue weighted by molar-refractivity contribution is -0.136. The summed E-state index contributed by atoms with van der Waals surface area (Å²) in [7, 11) is 0.618. The molecule has 6 heteroatoms. The SMILES string of the molecule is Cc1cc(CS(=O)C(C)CC(=O)O)n(C)n1. The molecule has 0 spiro atoms. The van der Waals surface area contributed by atoms with Gasteiger partial charge >= 0.3 is 5.97 Å². The van der Waals surface area contributed by atoms with E-state index in [-0.39, 0.29) is 11.7 Å². The van der Waals surface area contributed by atoms with Crippen molar-refractivity contribution >= 4 is 16.8 Å². The number of hydrogen-bond donors (Lipinski definition) is 1. The van der Waals surface area contributed by atoms with Crippen molar-refractivity contribution in [1.82, 2.24) is 9.78 Å². The molecular formula is C10H16N2O3S. The predicted molar refractivity (Wildman–Crippen MR) is 61.5 cm³/mol. The van der Waals surface area contributed by atoms with Crippen molar-refractivity contribution in [2.45, 2.75) is 31.3 Å². The topological polar surface area (TPSA) is 72.2 Å². The third-order valence-corrected chi connectivity index (χ3v) is 3.94. The third kappa shape index (κ3) is 3.44. The maximum Gasteiger partial charge on any atom is 0.304 e. The maximum absolute atomic E-state index is 11.8. The average molecular weight is 244 g/mol. The summed E-state index contributed by atoms with van der Waals surface area (Å²) >= 11 is 0. The lowest BCUT2D eigenvalue weighted by atomic mass is 10.3. The van der Waals surface area contributed by atoms with Crippen molar-refractivity contribution in [3.05, 3.63) is 17.5 Å². The van der Waals surface area contributed by atoms with Crippen LogP contribution in [0.5, 0.6) is 0 Å². The van der Waals surface area contributed by atoms with Crippen molar-refractivity contribution in [3.63, 3.8) is 0 Å². The van der Waals surface area contributed by atoms with E-state index in [0.717, 1.165) is 11.4 Å². The van der Waals surface area contributed by atoms with Gasteiger partial charge in [0, 0.05) is 23.1 Å². The maximum atomic E-state index is 11.8. The smallest absolute Gasteiger partial charge is 0.304 e. The molecule has 0 amide bonds. The van der Waals surface area contributed by atoms with Crippen LogP contribution in [-0.2, 0) is 28.4 Å². The van der Waals surface area contributed by atoms with E-state index in [0.29, 0.717) is 5.75 Å². The second-order valence-corrected chi connectivity index (χ2v) is 5.69. The Morgan fingerprint density at radius 3 is 2.75 bits per heavy atom. The summed E-state index contributed by atoms with van der Waals surface area (Å²) in [4.78, 5) is 10.5. The van der Waals surface area contributed by atoms with Gasteiger partial charge in [0.05, 0.1) is 23.6 Å². The Hall–Kier alpha value is -1.17. The summed E-state index contributed by atoms with van der Waals surface area (Å²) in [5, 5.41) is 12.4. The Morgan fingerprint density at radius 1 is 1.69 bits per heavy atom. The van der Waals surface area contributed by atoms with Crippen LogP contribution in [0, 0.1) is 6.92 Å². The van der Waals surface area contributed by atoms with Gasteiger partial charge in [-0.05, 0) is 13.0 Å². The van der Waals surface area contributed by atoms with Crippen LogP contribution in [0.15, 0.2) is 6.07 Å². The molecule has 2 atom stereocenters. The number of rotatable bonds is 5. The normalized spacial score (nSPS) is 14.7. The third-order valence-electron chi connectivity index (χ3n) is 2.30. The standard InChI is InChI=1S/C10H16N2O3S/c1-7-4-9(12(3)11-7)6-16(15)8(2)5-10(13)14/h4,8H,5-6H2,1-3H3,(H,13,14). The number of aromatic nitrogens is 2. The highest BCUT2D eigenvalue weighted by atomic mass is 32.2. The number of carboxylic acids is 1. The van der Waals surface area contributed by atoms with Gasteiger partial charge in [-0.3, -0.25) is 13.7 Å². The lowest BCUT2D eigenvalue weighted by Crippen LogP contribution is -2.18. The molecule has 0 saturated heterocycles. The van der Waals surface area contributed by atoms with Crippen molar-refractivity contribution < 1.29 is 14.1 Å². The minimum Gasteiger partial charge on any atom is -0.481 e. The molecule has 0 aromatic carbocycles. The quantitative estimate of drug-likeness (QED) is 0.833. The van der Waals surface area contributed by atoms with Crippen LogP contribution < -0.4 is 0 Å². The fourth-order valence-electron chi connectivity index (χ4n) is 1.43. The highest BCUT2D eigenvalue weighted by molar-refractivity contribution is 7.84. The number of carbonyl (C=O) groups is 1. The molecule has 0 radical (unpaired) electrons. The van der Waals surface area contributed by atoms with Crippen LogP contribution in [0.2, 0.25) is 0 Å². The molecule has 5 nitrogen and oxygen atoms in total. The molecule has 0 fully saturated rings. The number of aliphatic carboxylic acids is 1. The van der Waals surface area contributed by atoms with Crippen LogP contribution in [0.25, 0.3) is 0 Å². The summed E-state index contributed by atoms with van der Waals surface area (Å²) in [5.74, 6) is -0.562. The van der Waals surface area contributed by atoms with Crippen LogP contribution in [0.3, 0.4) is 0 Å². The minimum absolute atomic E-state index is 0.0660. The predicted octanol–water partition coefficient (Wildman–Crippen LogP) is 0.840. The largest absolute Gasteiger partial charge is 0.481 e. The Morgan fingerprint density at radius 2 is 2.31 bits per heavy atom. The molecule has 1 aromatic rings. The Bertz CT molecular complexity index is 414. The summed E-state index contributed by atoms with van der Waals surface area (Å²) < 4.78 is 13.5. The van der Waals surface area contributed by atoms with Gasteiger partial charge in [0.2, 0.25) is 0 Å². The molecule has 16 heavy (non-hydrogen) atoms. The molecule has 0 aliphatic carbocycles. The fraction of sp³-hybridized carbons (Fsp3) is 0.600. The van der Waals surface area contributed by atoms with Gasteiger partial charge in [-0.2, -0.15) is 5.10 Å². The molecule has 90 valence electrons. The second-order valence-electron chi connectivity index (χ2n) is 3.83. The Labute approximate surface area is 96.9 Å². The zero-order chi connectivity index (χ0) is 12.3. The molecule has 0 aliphatic heterocycles. The highest BCUT2D eigenvalue weighted by Gasteiger charge is 2.16. The van der Waals surface area contributed by atoms with Gasteiger partial charge in [0.1, 0.15) is 0 Å². The van der Waals surface area contributed by atoms with Gasteiger partial charge < -0.3 is 5.11 Å². The van der Waals surface area contributed by atoms with E-state index in [4.69, 9.17) is 5.11 Å². The number of hydrogen-bond acceptors (Lipinski definition) is 3. The van der Waals surface area contributed by atoms with Crippen LogP contribution >= 0.6 is 0 Å². The van der Waals surface area contributed by atoms with Gasteiger partial charge in [-0.25, -0.2) is 0 Å². The number of aryl methyl sites for hydroxylation is 2. The first-order valence-electron chi connectivity index (χ1n) is 4.98. The first kappa shape index (κ1) is 12.9. The molecule has 1 rings (SSSR count). The van der Waals surface area contributed by atoms with Crippen LogP contribution in [0.1, 0.15) is 24.7 Å². The first-order valence-corrected chi connectivity index (χ1v) is 6.37. The lowest BCUT2D eigenvalue weighted by Gasteiger charge is -2.08. The molecule has 1 aromatic heterocycles. The minimum atomic E-state index is -1.17. The zero-order valence-electron chi connectivity index (χ0n) is 9.64. The number of carboxylic acid groups (broad SMARTS) is 1. The van der Waals surface area contributed by atoms with E-state index in [9.17, 15) is 9.00 Å². The van der Waals surface area contributed by atoms with E-state index >= 15 is 0 Å². The molecule has 0 aliphatic rings. The molecule has 0 bridgehead atoms. The van der Waals surface area contributed by atoms with Gasteiger partial charge in [-0.1, -0.05) is 6.92 Å². The number of nitrogens with zero attached hydrogens (tertiary/aromatic N) is 2. The van der Waals surface area contributed by atoms with Crippen LogP contribution in [-0.4, -0.2) is 30.3 Å². The van der Waals surface area contributed by atoms with E-state index in [1.165, 1.54) is 0 Å². The van der Waals surface area contributed by atoms with Gasteiger partial charge in [0.15, 0.2) is 0 Å². The summed E-state index contributed by atoms with van der Waals surface area (Å²) in [6, 6.07) is 1.87. The fourth-order valence-corrected chi connectivity index (χ4v) is 2.60. The van der Waals surface area contributed by atoms with Crippen LogP contribution in [0.4, 0.5) is 0 Å². The molecule has 1 N–H and O–H groups in total. The van der Waals surface area contributed by atoms with Crippen molar-refractivity contribution in [2.24, 2.45) is 7.05 Å². The van der Waals surface area contributed by atoms with E-state index in [1.807, 2.05) is 13.0 Å². The zero-order valence-corrected chi connectivity index (χ0v) is 10.5. The van der Waals surface area contributed by atoms with E-state index < -0.39 is 16.8 Å². The van der Waals surface area contributed by atoms with Gasteiger partial charge in [0.25, 0.3) is 0 Å². The van der Waals surface area contributed by atoms with Gasteiger partial charge in [-0.15, -0.1) is 0 Å². The Kier molecular flexibility index (Phi) is 4.23. The first-order chi connectivity index (χ1) is 7.40. The highest BCUT2D eigenvalue weighted by Crippen LogP contribution is 2.10. The monoisotopic (exact) mass is 244 g/mol. The van der Waals surface area contributed by atoms with E-state index in [1.54, 1.807) is 18.7 Å². The molecule has 1 heterocycles. The van der Waals surface area contributed by atoms with Crippen molar-refractivity contribution in [3.8, 4) is 0 Å². The summed E-state index contributed by atoms with van der Waals surface area (Å²) in [6.45, 7) is 3.56. The Balaban J connectivity index is 2.64. The summed E-state index contributed by atoms with van der Waals surface area (Å²) in [5.41, 5.74) is 1.74. The summed E-state index contributed by atoms with van der Waals surface area (Å²) in [6.07, 6.45) is -0.0660. The van der Waals surface area contributed by atoms with Crippen molar-refractivity contribution in [2.75, 3.05) is 0 Å². The molecular weight excluding hydrogens is 228 g/mol. The molecule has 0 saturated carbocycles. The van der Waals surface area contributed by atoms with Crippen molar-refractivity contribution in [1.29, 1.82) is 0 Å². The average Bonchev–Trinajstić information content (AvgIpc) is 2.43. The second kappa shape index (κ2) is 5.25.